The van der Waals surface area contributed by atoms with Crippen LogP contribution in [0.3, 0.4) is 0 Å². The van der Waals surface area contributed by atoms with Gasteiger partial charge in [0, 0.05) is 25.6 Å². The summed E-state index contributed by atoms with van der Waals surface area (Å²) in [5.74, 6) is 0. The third-order valence-electron chi connectivity index (χ3n) is 12.6. The van der Waals surface area contributed by atoms with Gasteiger partial charge in [0.2, 0.25) is 0 Å². The van der Waals surface area contributed by atoms with Gasteiger partial charge in [0.15, 0.2) is 0 Å². The summed E-state index contributed by atoms with van der Waals surface area (Å²) in [6.45, 7) is 4.86. The maximum Gasteiger partial charge on any atom is 0.0433 e. The first-order chi connectivity index (χ1) is 27.5. The minimum Gasteiger partial charge on any atom is -0.135 e. The fraction of sp³-hybridized carbons (Fsp3) is 0.0545. The van der Waals surface area contributed by atoms with Crippen molar-refractivity contribution < 1.29 is 0 Å². The Kier molecular flexibility index (Phi) is 6.66. The molecule has 1 aliphatic rings. The van der Waals surface area contributed by atoms with E-state index in [1.54, 1.807) is 0 Å². The minimum absolute atomic E-state index is 0.151. The molecular formula is C55H36S. The van der Waals surface area contributed by atoms with E-state index < -0.39 is 0 Å². The molecule has 0 N–H and O–H groups in total. The Morgan fingerprint density at radius 3 is 1.70 bits per heavy atom. The van der Waals surface area contributed by atoms with Gasteiger partial charge in [-0.1, -0.05) is 178 Å². The lowest BCUT2D eigenvalue weighted by Gasteiger charge is -2.23. The highest BCUT2D eigenvalue weighted by Gasteiger charge is 2.38. The molecule has 0 saturated heterocycles. The fourth-order valence-corrected chi connectivity index (χ4v) is 11.4. The molecule has 1 heterocycles. The van der Waals surface area contributed by atoms with Gasteiger partial charge < -0.3 is 0 Å². The van der Waals surface area contributed by atoms with Crippen molar-refractivity contribution in [3.8, 4) is 44.5 Å². The van der Waals surface area contributed by atoms with Crippen LogP contribution in [0.1, 0.15) is 25.0 Å². The fourth-order valence-electron chi connectivity index (χ4n) is 10.1. The summed E-state index contributed by atoms with van der Waals surface area (Å²) in [6.07, 6.45) is 0. The highest BCUT2D eigenvalue weighted by molar-refractivity contribution is 7.26. The first-order valence-electron chi connectivity index (χ1n) is 19.6. The third-order valence-corrected chi connectivity index (χ3v) is 13.8. The van der Waals surface area contributed by atoms with Crippen LogP contribution in [-0.4, -0.2) is 0 Å². The molecule has 0 amide bonds. The molecule has 0 aliphatic heterocycles. The van der Waals surface area contributed by atoms with Crippen molar-refractivity contribution in [2.24, 2.45) is 0 Å². The van der Waals surface area contributed by atoms with Crippen LogP contribution in [0.4, 0.5) is 0 Å². The largest absolute Gasteiger partial charge is 0.135 e. The zero-order chi connectivity index (χ0) is 37.1. The Morgan fingerprint density at radius 1 is 0.375 bits per heavy atom. The van der Waals surface area contributed by atoms with Gasteiger partial charge >= 0.3 is 0 Å². The standard InChI is InChI=1S/C55H36S/c1-55(2)48-32-36(26-27-40(48)46-29-30-49-52(53(46)55)47-28-25-34-14-4-6-19-39(34)54(47)56-49)35-16-11-17-37(31-35)50-42-20-7-9-22-44(42)51(45-23-10-8-21-43(45)50)41-24-12-15-33-13-3-5-18-38(33)41/h3-32H,1-2H3. The molecule has 0 unspecified atom stereocenters. The number of rotatable bonds is 3. The Balaban J connectivity index is 1.03. The molecule has 0 spiro atoms. The molecular weight excluding hydrogens is 693 g/mol. The van der Waals surface area contributed by atoms with E-state index in [1.807, 2.05) is 11.3 Å². The zero-order valence-electron chi connectivity index (χ0n) is 31.2. The molecule has 0 atom stereocenters. The number of hydrogen-bond acceptors (Lipinski definition) is 1. The average Bonchev–Trinajstić information content (AvgIpc) is 3.74. The highest BCUT2D eigenvalue weighted by Crippen LogP contribution is 2.55. The second-order valence-electron chi connectivity index (χ2n) is 16.0. The molecule has 11 aromatic rings. The smallest absolute Gasteiger partial charge is 0.0433 e. The van der Waals surface area contributed by atoms with Crippen molar-refractivity contribution >= 4 is 74.6 Å². The summed E-state index contributed by atoms with van der Waals surface area (Å²) in [4.78, 5) is 0. The van der Waals surface area contributed by atoms with E-state index in [4.69, 9.17) is 0 Å². The van der Waals surface area contributed by atoms with Gasteiger partial charge in [-0.25, -0.2) is 0 Å². The number of fused-ring (bicyclic) bond motifs is 12. The van der Waals surface area contributed by atoms with Crippen LogP contribution in [0.5, 0.6) is 0 Å². The van der Waals surface area contributed by atoms with Crippen LogP contribution in [-0.2, 0) is 5.41 Å². The van der Waals surface area contributed by atoms with Gasteiger partial charge in [-0.15, -0.1) is 11.3 Å². The minimum atomic E-state index is -0.151. The summed E-state index contributed by atoms with van der Waals surface area (Å²) in [6, 6.07) is 68.1. The van der Waals surface area contributed by atoms with Crippen LogP contribution in [0.2, 0.25) is 0 Å². The Hall–Kier alpha value is -6.54. The molecule has 1 aliphatic carbocycles. The van der Waals surface area contributed by atoms with Crippen molar-refractivity contribution in [2.75, 3.05) is 0 Å². The Labute approximate surface area is 329 Å². The lowest BCUT2D eigenvalue weighted by molar-refractivity contribution is 0.667. The van der Waals surface area contributed by atoms with Gasteiger partial charge in [0.05, 0.1) is 0 Å². The van der Waals surface area contributed by atoms with Crippen molar-refractivity contribution in [2.45, 2.75) is 19.3 Å². The normalized spacial score (nSPS) is 13.3. The summed E-state index contributed by atoms with van der Waals surface area (Å²) in [5.41, 5.74) is 13.0. The van der Waals surface area contributed by atoms with Gasteiger partial charge in [0.1, 0.15) is 0 Å². The molecule has 1 heteroatoms. The molecule has 0 nitrogen and oxygen atoms in total. The van der Waals surface area contributed by atoms with Crippen LogP contribution in [0.15, 0.2) is 182 Å². The van der Waals surface area contributed by atoms with E-state index in [0.29, 0.717) is 0 Å². The second-order valence-corrected chi connectivity index (χ2v) is 17.0. The van der Waals surface area contributed by atoms with E-state index in [9.17, 15) is 0 Å². The molecule has 262 valence electrons. The van der Waals surface area contributed by atoms with E-state index in [2.05, 4.69) is 196 Å². The average molecular weight is 729 g/mol. The van der Waals surface area contributed by atoms with Crippen molar-refractivity contribution in [3.63, 3.8) is 0 Å². The van der Waals surface area contributed by atoms with Crippen molar-refractivity contribution in [1.29, 1.82) is 0 Å². The van der Waals surface area contributed by atoms with E-state index in [0.717, 1.165) is 0 Å². The number of thiophene rings is 1. The first-order valence-corrected chi connectivity index (χ1v) is 20.4. The molecule has 0 bridgehead atoms. The van der Waals surface area contributed by atoms with Crippen LogP contribution in [0.25, 0.3) is 108 Å². The predicted octanol–water partition coefficient (Wildman–Crippen LogP) is 16.0. The maximum absolute atomic E-state index is 2.48. The Morgan fingerprint density at radius 2 is 0.946 bits per heavy atom. The van der Waals surface area contributed by atoms with Crippen LogP contribution in [0, 0.1) is 0 Å². The van der Waals surface area contributed by atoms with Gasteiger partial charge in [-0.2, -0.15) is 0 Å². The van der Waals surface area contributed by atoms with Crippen LogP contribution >= 0.6 is 11.3 Å². The van der Waals surface area contributed by atoms with Gasteiger partial charge in [-0.3, -0.25) is 0 Å². The highest BCUT2D eigenvalue weighted by atomic mass is 32.1. The maximum atomic E-state index is 2.48. The number of hydrogen-bond donors (Lipinski definition) is 0. The van der Waals surface area contributed by atoms with Crippen LogP contribution < -0.4 is 0 Å². The van der Waals surface area contributed by atoms with Gasteiger partial charge in [-0.05, 0) is 117 Å². The van der Waals surface area contributed by atoms with Crippen molar-refractivity contribution in [1.82, 2.24) is 0 Å². The quantitative estimate of drug-likeness (QED) is 0.159. The number of benzene rings is 10. The topological polar surface area (TPSA) is 0 Å². The van der Waals surface area contributed by atoms with E-state index in [1.165, 1.54) is 119 Å². The molecule has 1 aromatic heterocycles. The molecule has 10 aromatic carbocycles. The summed E-state index contributed by atoms with van der Waals surface area (Å²) in [7, 11) is 0. The predicted molar refractivity (Wildman–Crippen MR) is 243 cm³/mol. The molecule has 0 radical (unpaired) electrons. The van der Waals surface area contributed by atoms with Crippen molar-refractivity contribution in [3.05, 3.63) is 193 Å². The van der Waals surface area contributed by atoms with E-state index in [-0.39, 0.29) is 5.41 Å². The molecule has 0 fully saturated rings. The second kappa shape index (κ2) is 11.7. The SMILES string of the molecule is CC1(C)c2cc(-c3cccc(-c4c5ccccc5c(-c5cccc6ccccc56)c5ccccc45)c3)ccc2-c2ccc3sc4c5ccccc5ccc4c3c21. The molecule has 56 heavy (non-hydrogen) atoms. The summed E-state index contributed by atoms with van der Waals surface area (Å²) in [5, 5.41) is 13.1. The van der Waals surface area contributed by atoms with Gasteiger partial charge in [0.25, 0.3) is 0 Å². The van der Waals surface area contributed by atoms with E-state index >= 15 is 0 Å². The monoisotopic (exact) mass is 728 g/mol. The lowest BCUT2D eigenvalue weighted by atomic mass is 9.79. The summed E-state index contributed by atoms with van der Waals surface area (Å²) >= 11 is 1.94. The summed E-state index contributed by atoms with van der Waals surface area (Å²) < 4.78 is 2.76. The zero-order valence-corrected chi connectivity index (χ0v) is 32.0. The molecule has 12 rings (SSSR count). The Bertz CT molecular complexity index is 3390. The molecule has 0 saturated carbocycles. The lowest BCUT2D eigenvalue weighted by Crippen LogP contribution is -2.15. The first kappa shape index (κ1) is 31.8. The third kappa shape index (κ3) is 4.41.